The normalized spacial score (nSPS) is 11.3. The number of ether oxygens (including phenoxy) is 1. The van der Waals surface area contributed by atoms with Gasteiger partial charge in [0.15, 0.2) is 0 Å². The van der Waals surface area contributed by atoms with E-state index in [4.69, 9.17) is 27.9 Å². The van der Waals surface area contributed by atoms with E-state index in [1.165, 1.54) is 6.07 Å². The molecular formula is C21H23Cl2N3O4. The first kappa shape index (κ1) is 23.5. The monoisotopic (exact) mass is 451 g/mol. The molecule has 2 rings (SSSR count). The first-order chi connectivity index (χ1) is 14.3. The first-order valence-corrected chi connectivity index (χ1v) is 10.1. The molecule has 2 aromatic carbocycles. The molecule has 0 saturated carbocycles. The highest BCUT2D eigenvalue weighted by atomic mass is 35.5. The minimum Gasteiger partial charge on any atom is -0.491 e. The molecule has 1 atom stereocenters. The number of benzene rings is 2. The van der Waals surface area contributed by atoms with Crippen LogP contribution < -0.4 is 20.9 Å². The molecule has 0 aromatic heterocycles. The fraction of sp³-hybridized carbons (Fsp3) is 0.286. The Kier molecular flexibility index (Phi) is 8.95. The van der Waals surface area contributed by atoms with E-state index in [0.29, 0.717) is 27.0 Å². The van der Waals surface area contributed by atoms with Crippen molar-refractivity contribution in [2.24, 2.45) is 0 Å². The number of hydrazine groups is 1. The van der Waals surface area contributed by atoms with Crippen LogP contribution in [0.2, 0.25) is 10.0 Å². The fourth-order valence-electron chi connectivity index (χ4n) is 2.29. The van der Waals surface area contributed by atoms with Crippen molar-refractivity contribution < 1.29 is 19.1 Å². The molecule has 160 valence electrons. The smallest absolute Gasteiger partial charge is 0.269 e. The van der Waals surface area contributed by atoms with Gasteiger partial charge < -0.3 is 10.1 Å². The maximum absolute atomic E-state index is 12.1. The Morgan fingerprint density at radius 1 is 0.967 bits per heavy atom. The van der Waals surface area contributed by atoms with Crippen LogP contribution >= 0.6 is 23.2 Å². The van der Waals surface area contributed by atoms with Gasteiger partial charge in [0.2, 0.25) is 11.8 Å². The number of hydrogen-bond acceptors (Lipinski definition) is 4. The van der Waals surface area contributed by atoms with Crippen molar-refractivity contribution in [3.8, 4) is 5.75 Å². The number of halogens is 2. The Hall–Kier alpha value is -2.77. The molecule has 2 aromatic rings. The highest BCUT2D eigenvalue weighted by Crippen LogP contribution is 2.25. The van der Waals surface area contributed by atoms with Gasteiger partial charge in [0.25, 0.3) is 5.91 Å². The van der Waals surface area contributed by atoms with Gasteiger partial charge in [-0.1, -0.05) is 30.1 Å². The Balaban J connectivity index is 1.74. The second kappa shape index (κ2) is 11.4. The summed E-state index contributed by atoms with van der Waals surface area (Å²) >= 11 is 11.8. The molecule has 30 heavy (non-hydrogen) atoms. The summed E-state index contributed by atoms with van der Waals surface area (Å²) in [5.41, 5.74) is 5.36. The lowest BCUT2D eigenvalue weighted by atomic mass is 10.2. The molecule has 3 amide bonds. The molecule has 0 aliphatic rings. The van der Waals surface area contributed by atoms with Crippen LogP contribution in [-0.4, -0.2) is 23.8 Å². The summed E-state index contributed by atoms with van der Waals surface area (Å²) in [7, 11) is 0. The van der Waals surface area contributed by atoms with Crippen molar-refractivity contribution >= 4 is 46.6 Å². The van der Waals surface area contributed by atoms with Crippen molar-refractivity contribution in [3.63, 3.8) is 0 Å². The van der Waals surface area contributed by atoms with Gasteiger partial charge in [0.1, 0.15) is 5.75 Å². The third kappa shape index (κ3) is 7.57. The van der Waals surface area contributed by atoms with Gasteiger partial charge in [-0.25, -0.2) is 0 Å². The molecule has 0 bridgehead atoms. The Morgan fingerprint density at radius 3 is 2.27 bits per heavy atom. The first-order valence-electron chi connectivity index (χ1n) is 9.39. The van der Waals surface area contributed by atoms with E-state index in [0.717, 1.165) is 6.42 Å². The number of hydrogen-bond donors (Lipinski definition) is 3. The molecule has 0 fully saturated rings. The zero-order chi connectivity index (χ0) is 22.1. The second-order valence-electron chi connectivity index (χ2n) is 6.54. The van der Waals surface area contributed by atoms with Crippen molar-refractivity contribution in [2.45, 2.75) is 39.2 Å². The number of nitrogens with one attached hydrogen (secondary N) is 3. The zero-order valence-electron chi connectivity index (χ0n) is 16.6. The predicted octanol–water partition coefficient (Wildman–Crippen LogP) is 4.35. The van der Waals surface area contributed by atoms with Crippen LogP contribution in [0.3, 0.4) is 0 Å². The zero-order valence-corrected chi connectivity index (χ0v) is 18.1. The summed E-state index contributed by atoms with van der Waals surface area (Å²) in [5, 5.41) is 3.35. The standard InChI is InChI=1S/C21H23Cl2N3O4/c1-3-13(2)30-16-7-4-14(5-8-16)21(29)26-25-20(28)11-10-19(27)24-18-9-6-15(22)12-17(18)23/h4-9,12-13H,3,10-11H2,1-2H3,(H,24,27)(H,25,28)(H,26,29). The van der Waals surface area contributed by atoms with Gasteiger partial charge in [0, 0.05) is 23.4 Å². The van der Waals surface area contributed by atoms with Crippen LogP contribution in [0.1, 0.15) is 43.5 Å². The Labute approximate surface area is 185 Å². The number of amides is 3. The Bertz CT molecular complexity index is 904. The van der Waals surface area contributed by atoms with Crippen LogP contribution in [0.4, 0.5) is 5.69 Å². The van der Waals surface area contributed by atoms with Crippen molar-refractivity contribution in [1.82, 2.24) is 10.9 Å². The number of carbonyl (C=O) groups excluding carboxylic acids is 3. The average Bonchev–Trinajstić information content (AvgIpc) is 2.73. The van der Waals surface area contributed by atoms with E-state index in [1.54, 1.807) is 36.4 Å². The minimum atomic E-state index is -0.502. The summed E-state index contributed by atoms with van der Waals surface area (Å²) in [4.78, 5) is 36.0. The highest BCUT2D eigenvalue weighted by molar-refractivity contribution is 6.36. The van der Waals surface area contributed by atoms with Gasteiger partial charge in [0.05, 0.1) is 16.8 Å². The van der Waals surface area contributed by atoms with E-state index in [9.17, 15) is 14.4 Å². The topological polar surface area (TPSA) is 96.5 Å². The number of carbonyl (C=O) groups is 3. The molecule has 3 N–H and O–H groups in total. The quantitative estimate of drug-likeness (QED) is 0.519. The predicted molar refractivity (Wildman–Crippen MR) is 117 cm³/mol. The molecule has 0 radical (unpaired) electrons. The van der Waals surface area contributed by atoms with E-state index < -0.39 is 17.7 Å². The van der Waals surface area contributed by atoms with Crippen LogP contribution in [0.15, 0.2) is 42.5 Å². The highest BCUT2D eigenvalue weighted by Gasteiger charge is 2.11. The van der Waals surface area contributed by atoms with Crippen LogP contribution in [0, 0.1) is 0 Å². The lowest BCUT2D eigenvalue weighted by Gasteiger charge is -2.13. The fourth-order valence-corrected chi connectivity index (χ4v) is 2.75. The molecule has 0 heterocycles. The van der Waals surface area contributed by atoms with Crippen LogP contribution in [-0.2, 0) is 9.59 Å². The molecule has 9 heteroatoms. The number of rotatable bonds is 8. The van der Waals surface area contributed by atoms with Crippen molar-refractivity contribution in [1.29, 1.82) is 0 Å². The van der Waals surface area contributed by atoms with E-state index in [2.05, 4.69) is 16.2 Å². The van der Waals surface area contributed by atoms with Crippen molar-refractivity contribution in [3.05, 3.63) is 58.1 Å². The largest absolute Gasteiger partial charge is 0.491 e. The van der Waals surface area contributed by atoms with Crippen molar-refractivity contribution in [2.75, 3.05) is 5.32 Å². The van der Waals surface area contributed by atoms with Gasteiger partial charge >= 0.3 is 0 Å². The van der Waals surface area contributed by atoms with E-state index >= 15 is 0 Å². The Morgan fingerprint density at radius 2 is 1.63 bits per heavy atom. The SMILES string of the molecule is CCC(C)Oc1ccc(C(=O)NNC(=O)CCC(=O)Nc2ccc(Cl)cc2Cl)cc1. The molecule has 1 unspecified atom stereocenters. The van der Waals surface area contributed by atoms with Crippen LogP contribution in [0.5, 0.6) is 5.75 Å². The molecule has 0 aliphatic heterocycles. The second-order valence-corrected chi connectivity index (χ2v) is 7.38. The van der Waals surface area contributed by atoms with Gasteiger partial charge in [-0.3, -0.25) is 25.2 Å². The summed E-state index contributed by atoms with van der Waals surface area (Å²) in [6, 6.07) is 11.2. The van der Waals surface area contributed by atoms with Gasteiger partial charge in [-0.2, -0.15) is 0 Å². The van der Waals surface area contributed by atoms with E-state index in [1.807, 2.05) is 13.8 Å². The molecular weight excluding hydrogens is 429 g/mol. The molecule has 0 aliphatic carbocycles. The summed E-state index contributed by atoms with van der Waals surface area (Å²) in [6.45, 7) is 3.98. The van der Waals surface area contributed by atoms with Gasteiger partial charge in [-0.05, 0) is 55.8 Å². The van der Waals surface area contributed by atoms with Gasteiger partial charge in [-0.15, -0.1) is 0 Å². The maximum atomic E-state index is 12.1. The van der Waals surface area contributed by atoms with Crippen LogP contribution in [0.25, 0.3) is 0 Å². The lowest BCUT2D eigenvalue weighted by Crippen LogP contribution is -2.41. The maximum Gasteiger partial charge on any atom is 0.269 e. The summed E-state index contributed by atoms with van der Waals surface area (Å²) < 4.78 is 5.65. The summed E-state index contributed by atoms with van der Waals surface area (Å²) in [5.74, 6) is -0.706. The molecule has 0 saturated heterocycles. The third-order valence-corrected chi connectivity index (χ3v) is 4.68. The number of anilines is 1. The summed E-state index contributed by atoms with van der Waals surface area (Å²) in [6.07, 6.45) is 0.761. The lowest BCUT2D eigenvalue weighted by molar-refractivity contribution is -0.124. The minimum absolute atomic E-state index is 0.0804. The molecule has 7 nitrogen and oxygen atoms in total. The average molecular weight is 452 g/mol. The third-order valence-electron chi connectivity index (χ3n) is 4.13. The van der Waals surface area contributed by atoms with E-state index in [-0.39, 0.29) is 18.9 Å². The molecule has 0 spiro atoms.